The molecular formula is C13H13BrCl2N4O. The lowest BCUT2D eigenvalue weighted by Crippen LogP contribution is -2.10. The van der Waals surface area contributed by atoms with Crippen molar-refractivity contribution in [3.8, 4) is 6.01 Å². The first-order valence-electron chi connectivity index (χ1n) is 6.16. The Hall–Kier alpha value is -1.11. The normalized spacial score (nSPS) is 10.8. The summed E-state index contributed by atoms with van der Waals surface area (Å²) in [6.07, 6.45) is -0.0585. The first-order valence-corrected chi connectivity index (χ1v) is 7.71. The van der Waals surface area contributed by atoms with E-state index in [2.05, 4.69) is 36.2 Å². The number of aromatic nitrogens is 3. The van der Waals surface area contributed by atoms with Crippen LogP contribution in [0.2, 0.25) is 10.3 Å². The van der Waals surface area contributed by atoms with E-state index in [1.165, 1.54) is 0 Å². The van der Waals surface area contributed by atoms with Gasteiger partial charge in [-0.2, -0.15) is 15.0 Å². The topological polar surface area (TPSA) is 59.9 Å². The lowest BCUT2D eigenvalue weighted by Gasteiger charge is -2.11. The van der Waals surface area contributed by atoms with Crippen molar-refractivity contribution < 1.29 is 4.74 Å². The van der Waals surface area contributed by atoms with Crippen LogP contribution in [0.4, 0.5) is 11.6 Å². The number of anilines is 2. The van der Waals surface area contributed by atoms with E-state index in [4.69, 9.17) is 27.9 Å². The fourth-order valence-electron chi connectivity index (χ4n) is 1.51. The van der Waals surface area contributed by atoms with Crippen LogP contribution in [0.3, 0.4) is 0 Å². The smallest absolute Gasteiger partial charge is 0.322 e. The third-order valence-electron chi connectivity index (χ3n) is 2.42. The van der Waals surface area contributed by atoms with Crippen molar-refractivity contribution in [2.75, 3.05) is 5.32 Å². The molecule has 5 nitrogen and oxygen atoms in total. The van der Waals surface area contributed by atoms with Crippen LogP contribution in [0.1, 0.15) is 19.4 Å². The molecule has 0 aliphatic rings. The van der Waals surface area contributed by atoms with E-state index in [-0.39, 0.29) is 23.3 Å². The first kappa shape index (κ1) is 16.3. The van der Waals surface area contributed by atoms with E-state index in [1.54, 1.807) is 6.07 Å². The maximum atomic E-state index is 6.12. The van der Waals surface area contributed by atoms with Gasteiger partial charge in [0.2, 0.25) is 11.2 Å². The fraction of sp³-hybridized carbons (Fsp3) is 0.308. The number of aryl methyl sites for hydroxylation is 1. The second-order valence-corrected chi connectivity index (χ2v) is 6.18. The van der Waals surface area contributed by atoms with Crippen LogP contribution in [-0.2, 0) is 0 Å². The van der Waals surface area contributed by atoms with Gasteiger partial charge >= 0.3 is 6.01 Å². The molecule has 2 aromatic rings. The number of hydrogen-bond acceptors (Lipinski definition) is 5. The van der Waals surface area contributed by atoms with E-state index in [9.17, 15) is 0 Å². The summed E-state index contributed by atoms with van der Waals surface area (Å²) in [4.78, 5) is 12.1. The van der Waals surface area contributed by atoms with E-state index >= 15 is 0 Å². The van der Waals surface area contributed by atoms with Crippen molar-refractivity contribution >= 4 is 50.8 Å². The number of nitrogens with one attached hydrogen (secondary N) is 1. The molecule has 0 bridgehead atoms. The molecule has 0 aliphatic carbocycles. The third kappa shape index (κ3) is 4.43. The van der Waals surface area contributed by atoms with E-state index in [0.717, 1.165) is 15.7 Å². The highest BCUT2D eigenvalue weighted by Gasteiger charge is 2.10. The maximum Gasteiger partial charge on any atom is 0.322 e. The van der Waals surface area contributed by atoms with Gasteiger partial charge in [0.05, 0.1) is 11.8 Å². The van der Waals surface area contributed by atoms with Gasteiger partial charge < -0.3 is 10.1 Å². The Bertz CT molecular complexity index is 667. The average Bonchev–Trinajstić information content (AvgIpc) is 2.34. The van der Waals surface area contributed by atoms with E-state index in [1.807, 2.05) is 26.8 Å². The molecule has 8 heteroatoms. The second-order valence-electron chi connectivity index (χ2n) is 4.58. The number of rotatable bonds is 4. The minimum absolute atomic E-state index is 0.0532. The number of ether oxygens (including phenoxy) is 1. The van der Waals surface area contributed by atoms with Crippen molar-refractivity contribution in [3.05, 3.63) is 32.5 Å². The van der Waals surface area contributed by atoms with Gasteiger partial charge in [-0.25, -0.2) is 0 Å². The number of hydrogen-bond donors (Lipinski definition) is 1. The number of nitrogens with zero attached hydrogens (tertiary/aromatic N) is 3. The van der Waals surface area contributed by atoms with Crippen LogP contribution >= 0.6 is 39.1 Å². The molecule has 0 aliphatic heterocycles. The van der Waals surface area contributed by atoms with Gasteiger partial charge in [-0.15, -0.1) is 0 Å². The summed E-state index contributed by atoms with van der Waals surface area (Å²) in [6, 6.07) is 3.85. The molecule has 0 fully saturated rings. The molecule has 0 amide bonds. The lowest BCUT2D eigenvalue weighted by molar-refractivity contribution is 0.222. The Morgan fingerprint density at radius 1 is 1.19 bits per heavy atom. The van der Waals surface area contributed by atoms with Crippen LogP contribution in [0.15, 0.2) is 16.6 Å². The molecule has 1 heterocycles. The summed E-state index contributed by atoms with van der Waals surface area (Å²) in [5.74, 6) is 0.284. The average molecular weight is 392 g/mol. The largest absolute Gasteiger partial charge is 0.461 e. The molecule has 112 valence electrons. The molecule has 0 radical (unpaired) electrons. The molecule has 0 saturated heterocycles. The third-order valence-corrected chi connectivity index (χ3v) is 3.66. The molecule has 0 unspecified atom stereocenters. The van der Waals surface area contributed by atoms with Crippen LogP contribution in [0.25, 0.3) is 0 Å². The highest BCUT2D eigenvalue weighted by Crippen LogP contribution is 2.31. The minimum atomic E-state index is -0.0585. The van der Waals surface area contributed by atoms with Crippen molar-refractivity contribution in [2.45, 2.75) is 26.9 Å². The van der Waals surface area contributed by atoms with Crippen molar-refractivity contribution in [2.24, 2.45) is 0 Å². The Morgan fingerprint density at radius 2 is 1.90 bits per heavy atom. The van der Waals surface area contributed by atoms with Crippen LogP contribution in [0.5, 0.6) is 6.01 Å². The molecule has 1 N–H and O–H groups in total. The maximum absolute atomic E-state index is 6.12. The van der Waals surface area contributed by atoms with Gasteiger partial charge in [-0.3, -0.25) is 0 Å². The molecule has 2 rings (SSSR count). The van der Waals surface area contributed by atoms with Crippen molar-refractivity contribution in [1.29, 1.82) is 0 Å². The van der Waals surface area contributed by atoms with Gasteiger partial charge in [0, 0.05) is 9.50 Å². The summed E-state index contributed by atoms with van der Waals surface area (Å²) in [6.45, 7) is 5.67. The van der Waals surface area contributed by atoms with Crippen LogP contribution in [-0.4, -0.2) is 21.1 Å². The molecule has 0 saturated carbocycles. The Morgan fingerprint density at radius 3 is 2.57 bits per heavy atom. The fourth-order valence-corrected chi connectivity index (χ4v) is 2.39. The second kappa shape index (κ2) is 6.77. The van der Waals surface area contributed by atoms with E-state index < -0.39 is 0 Å². The predicted molar refractivity (Wildman–Crippen MR) is 87.8 cm³/mol. The number of halogens is 3. The van der Waals surface area contributed by atoms with Crippen LogP contribution < -0.4 is 10.1 Å². The Labute approximate surface area is 141 Å². The zero-order valence-electron chi connectivity index (χ0n) is 11.6. The van der Waals surface area contributed by atoms with Gasteiger partial charge in [-0.05, 0) is 66.0 Å². The molecular weight excluding hydrogens is 379 g/mol. The summed E-state index contributed by atoms with van der Waals surface area (Å²) in [7, 11) is 0. The predicted octanol–water partition coefficient (Wildman–Crippen LogP) is 4.78. The molecule has 0 atom stereocenters. The standard InChI is InChI=1S/C13H13BrCl2N4O/c1-6(2)21-13-19-11(16)18-12(20-13)17-10-5-9(15)7(3)4-8(10)14/h4-6H,1-3H3,(H,17,18,19,20). The van der Waals surface area contributed by atoms with Gasteiger partial charge in [-0.1, -0.05) is 11.6 Å². The van der Waals surface area contributed by atoms with Gasteiger partial charge in [0.25, 0.3) is 0 Å². The summed E-state index contributed by atoms with van der Waals surface area (Å²) >= 11 is 15.5. The van der Waals surface area contributed by atoms with Crippen molar-refractivity contribution in [3.63, 3.8) is 0 Å². The monoisotopic (exact) mass is 390 g/mol. The summed E-state index contributed by atoms with van der Waals surface area (Å²) < 4.78 is 6.26. The molecule has 21 heavy (non-hydrogen) atoms. The first-order chi connectivity index (χ1) is 9.85. The molecule has 0 spiro atoms. The lowest BCUT2D eigenvalue weighted by atomic mass is 10.2. The van der Waals surface area contributed by atoms with Gasteiger partial charge in [0.1, 0.15) is 0 Å². The highest BCUT2D eigenvalue weighted by atomic mass is 79.9. The SMILES string of the molecule is Cc1cc(Br)c(Nc2nc(Cl)nc(OC(C)C)n2)cc1Cl. The Kier molecular flexibility index (Phi) is 5.24. The van der Waals surface area contributed by atoms with E-state index in [0.29, 0.717) is 5.02 Å². The summed E-state index contributed by atoms with van der Waals surface area (Å²) in [5, 5.41) is 3.73. The zero-order valence-corrected chi connectivity index (χ0v) is 14.7. The molecule has 1 aromatic heterocycles. The summed E-state index contributed by atoms with van der Waals surface area (Å²) in [5.41, 5.74) is 1.69. The highest BCUT2D eigenvalue weighted by molar-refractivity contribution is 9.10. The Balaban J connectivity index is 2.31. The number of benzene rings is 1. The quantitative estimate of drug-likeness (QED) is 0.812. The zero-order chi connectivity index (χ0) is 15.6. The van der Waals surface area contributed by atoms with Gasteiger partial charge in [0.15, 0.2) is 0 Å². The van der Waals surface area contributed by atoms with Crippen LogP contribution in [0, 0.1) is 6.92 Å². The minimum Gasteiger partial charge on any atom is -0.461 e. The molecule has 1 aromatic carbocycles. The van der Waals surface area contributed by atoms with Crippen molar-refractivity contribution in [1.82, 2.24) is 15.0 Å².